The first-order valence-corrected chi connectivity index (χ1v) is 8.43. The van der Waals surface area contributed by atoms with Crippen LogP contribution in [-0.4, -0.2) is 6.18 Å². The highest BCUT2D eigenvalue weighted by Crippen LogP contribution is 2.32. The molecule has 0 aliphatic heterocycles. The summed E-state index contributed by atoms with van der Waals surface area (Å²) in [6, 6.07) is 16.1. The average Bonchev–Trinajstić information content (AvgIpc) is 2.65. The van der Waals surface area contributed by atoms with Gasteiger partial charge in [-0.25, -0.2) is 13.2 Å². The third kappa shape index (κ3) is 3.64. The quantitative estimate of drug-likeness (QED) is 0.239. The molecule has 0 spiro atoms. The molecule has 4 rings (SSSR count). The van der Waals surface area contributed by atoms with Crippen LogP contribution in [0.15, 0.2) is 60.7 Å². The lowest BCUT2D eigenvalue weighted by atomic mass is 9.97. The summed E-state index contributed by atoms with van der Waals surface area (Å²) in [5, 5.41) is 1.16. The van der Waals surface area contributed by atoms with Crippen LogP contribution in [0.25, 0.3) is 32.7 Å². The first-order valence-electron chi connectivity index (χ1n) is 8.43. The zero-order valence-corrected chi connectivity index (χ0v) is 14.5. The Hall–Kier alpha value is -3.46. The smallest absolute Gasteiger partial charge is 0.206 e. The molecular formula is C23H10F6. The molecule has 4 aromatic rings. The van der Waals surface area contributed by atoms with Crippen molar-refractivity contribution in [2.75, 3.05) is 0 Å². The number of fused-ring (bicyclic) bond motifs is 2. The van der Waals surface area contributed by atoms with Gasteiger partial charge in [-0.3, -0.25) is 0 Å². The largest absolute Gasteiger partial charge is 0.458 e. The first-order chi connectivity index (χ1) is 13.7. The van der Waals surface area contributed by atoms with Gasteiger partial charge in [-0.15, -0.1) is 0 Å². The monoisotopic (exact) mass is 400 g/mol. The Labute approximate surface area is 161 Å². The fourth-order valence-corrected chi connectivity index (χ4v) is 3.20. The van der Waals surface area contributed by atoms with Gasteiger partial charge < -0.3 is 0 Å². The van der Waals surface area contributed by atoms with E-state index in [-0.39, 0.29) is 5.39 Å². The summed E-state index contributed by atoms with van der Waals surface area (Å²) in [4.78, 5) is 0. The molecule has 6 heteroatoms. The molecular weight excluding hydrogens is 390 g/mol. The second-order valence-electron chi connectivity index (χ2n) is 6.41. The van der Waals surface area contributed by atoms with E-state index in [9.17, 15) is 26.3 Å². The minimum Gasteiger partial charge on any atom is -0.206 e. The third-order valence-corrected chi connectivity index (χ3v) is 4.49. The van der Waals surface area contributed by atoms with Crippen LogP contribution in [0, 0.1) is 29.3 Å². The maximum Gasteiger partial charge on any atom is 0.458 e. The standard InChI is InChI=1S/C23H10F6/c24-19-12-17-10-16(15-6-5-13-3-1-2-4-14(13)9-15)11-20(25)21(17)22(26)18(19)7-8-23(27,28)29/h1-6,9-12H. The van der Waals surface area contributed by atoms with Gasteiger partial charge in [-0.2, -0.15) is 13.2 Å². The fourth-order valence-electron chi connectivity index (χ4n) is 3.20. The van der Waals surface area contributed by atoms with Crippen molar-refractivity contribution in [1.82, 2.24) is 0 Å². The van der Waals surface area contributed by atoms with E-state index >= 15 is 0 Å². The van der Waals surface area contributed by atoms with E-state index in [0.29, 0.717) is 11.1 Å². The van der Waals surface area contributed by atoms with Gasteiger partial charge in [0.15, 0.2) is 5.82 Å². The Morgan fingerprint density at radius 1 is 0.655 bits per heavy atom. The molecule has 0 amide bonds. The van der Waals surface area contributed by atoms with Crippen LogP contribution in [0.5, 0.6) is 0 Å². The van der Waals surface area contributed by atoms with E-state index in [4.69, 9.17) is 0 Å². The normalized spacial score (nSPS) is 11.5. The van der Waals surface area contributed by atoms with E-state index in [1.165, 1.54) is 12.0 Å². The van der Waals surface area contributed by atoms with Crippen LogP contribution >= 0.6 is 0 Å². The van der Waals surface area contributed by atoms with Gasteiger partial charge in [-0.1, -0.05) is 42.3 Å². The first kappa shape index (κ1) is 18.9. The molecule has 29 heavy (non-hydrogen) atoms. The van der Waals surface area contributed by atoms with Crippen molar-refractivity contribution in [2.24, 2.45) is 0 Å². The molecule has 0 unspecified atom stereocenters. The summed E-state index contributed by atoms with van der Waals surface area (Å²) in [6.45, 7) is 0. The minimum atomic E-state index is -4.92. The number of hydrogen-bond acceptors (Lipinski definition) is 0. The molecule has 0 saturated heterocycles. The Balaban J connectivity index is 1.90. The van der Waals surface area contributed by atoms with Crippen molar-refractivity contribution in [3.63, 3.8) is 0 Å². The SMILES string of the molecule is Fc1cc2cc(-c3ccc4ccccc4c3)cc(F)c2c(F)c1C#CC(F)(F)F. The highest BCUT2D eigenvalue weighted by atomic mass is 19.4. The Kier molecular flexibility index (Phi) is 4.46. The minimum absolute atomic E-state index is 0.110. The summed E-state index contributed by atoms with van der Waals surface area (Å²) in [6.07, 6.45) is -4.92. The Bertz CT molecular complexity index is 1320. The van der Waals surface area contributed by atoms with Crippen molar-refractivity contribution in [1.29, 1.82) is 0 Å². The van der Waals surface area contributed by atoms with Crippen LogP contribution in [0.3, 0.4) is 0 Å². The Morgan fingerprint density at radius 3 is 2.07 bits per heavy atom. The highest BCUT2D eigenvalue weighted by molar-refractivity contribution is 5.92. The summed E-state index contributed by atoms with van der Waals surface area (Å²) < 4.78 is 80.2. The fraction of sp³-hybridized carbons (Fsp3) is 0.0435. The average molecular weight is 400 g/mol. The topological polar surface area (TPSA) is 0 Å². The van der Waals surface area contributed by atoms with Crippen LogP contribution in [0.4, 0.5) is 26.3 Å². The van der Waals surface area contributed by atoms with Gasteiger partial charge in [0.25, 0.3) is 0 Å². The number of alkyl halides is 3. The second-order valence-corrected chi connectivity index (χ2v) is 6.41. The van der Waals surface area contributed by atoms with Gasteiger partial charge in [-0.05, 0) is 51.6 Å². The van der Waals surface area contributed by atoms with Gasteiger partial charge in [0, 0.05) is 5.92 Å². The van der Waals surface area contributed by atoms with E-state index in [1.54, 1.807) is 6.07 Å². The maximum absolute atomic E-state index is 14.7. The maximum atomic E-state index is 14.7. The van der Waals surface area contributed by atoms with Gasteiger partial charge in [0.2, 0.25) is 0 Å². The van der Waals surface area contributed by atoms with Crippen molar-refractivity contribution < 1.29 is 26.3 Å². The summed E-state index contributed by atoms with van der Waals surface area (Å²) in [5.74, 6) is -1.54. The molecule has 0 nitrogen and oxygen atoms in total. The molecule has 0 N–H and O–H groups in total. The number of hydrogen-bond donors (Lipinski definition) is 0. The zero-order valence-electron chi connectivity index (χ0n) is 14.5. The lowest BCUT2D eigenvalue weighted by Crippen LogP contribution is -2.03. The molecule has 0 bridgehead atoms. The molecule has 0 heterocycles. The van der Waals surface area contributed by atoms with Gasteiger partial charge in [0.05, 0.1) is 10.9 Å². The van der Waals surface area contributed by atoms with Crippen LogP contribution in [0.2, 0.25) is 0 Å². The lowest BCUT2D eigenvalue weighted by Gasteiger charge is -2.10. The predicted octanol–water partition coefficient (Wildman–Crippen LogP) is 6.99. The second kappa shape index (κ2) is 6.85. The van der Waals surface area contributed by atoms with Crippen LogP contribution in [0.1, 0.15) is 5.56 Å². The number of rotatable bonds is 1. The molecule has 0 fully saturated rings. The summed E-state index contributed by atoms with van der Waals surface area (Å²) >= 11 is 0. The van der Waals surface area contributed by atoms with Gasteiger partial charge >= 0.3 is 6.18 Å². The molecule has 0 aliphatic rings. The van der Waals surface area contributed by atoms with Crippen molar-refractivity contribution in [3.05, 3.63) is 83.7 Å². The van der Waals surface area contributed by atoms with E-state index in [0.717, 1.165) is 28.8 Å². The predicted molar refractivity (Wildman–Crippen MR) is 99.7 cm³/mol. The number of benzene rings is 4. The third-order valence-electron chi connectivity index (χ3n) is 4.49. The van der Waals surface area contributed by atoms with Gasteiger partial charge in [0.1, 0.15) is 11.6 Å². The number of halogens is 6. The lowest BCUT2D eigenvalue weighted by molar-refractivity contribution is -0.0696. The Morgan fingerprint density at radius 2 is 1.34 bits per heavy atom. The highest BCUT2D eigenvalue weighted by Gasteiger charge is 2.24. The van der Waals surface area contributed by atoms with E-state index < -0.39 is 34.6 Å². The molecule has 0 atom stereocenters. The molecule has 0 aromatic heterocycles. The molecule has 0 aliphatic carbocycles. The van der Waals surface area contributed by atoms with Crippen LogP contribution < -0.4 is 0 Å². The molecule has 144 valence electrons. The summed E-state index contributed by atoms with van der Waals surface area (Å²) in [7, 11) is 0. The van der Waals surface area contributed by atoms with Crippen LogP contribution in [-0.2, 0) is 0 Å². The molecule has 0 saturated carbocycles. The van der Waals surface area contributed by atoms with E-state index in [1.807, 2.05) is 36.4 Å². The van der Waals surface area contributed by atoms with E-state index in [2.05, 4.69) is 0 Å². The molecule has 0 radical (unpaired) electrons. The van der Waals surface area contributed by atoms with Crippen molar-refractivity contribution in [2.45, 2.75) is 6.18 Å². The zero-order chi connectivity index (χ0) is 20.8. The van der Waals surface area contributed by atoms with Crippen molar-refractivity contribution in [3.8, 4) is 23.0 Å². The molecule has 4 aromatic carbocycles. The summed E-state index contributed by atoms with van der Waals surface area (Å²) in [5.41, 5.74) is -0.105. The van der Waals surface area contributed by atoms with Crippen molar-refractivity contribution >= 4 is 21.5 Å².